The van der Waals surface area contributed by atoms with Crippen LogP contribution in [0.2, 0.25) is 5.15 Å². The Morgan fingerprint density at radius 2 is 2.00 bits per heavy atom. The lowest BCUT2D eigenvalue weighted by atomic mass is 10.2. The monoisotopic (exact) mass is 299 g/mol. The molecule has 1 N–H and O–H groups in total. The van der Waals surface area contributed by atoms with E-state index in [1.807, 2.05) is 14.1 Å². The molecule has 1 rings (SSSR count). The van der Waals surface area contributed by atoms with Crippen LogP contribution >= 0.6 is 11.6 Å². The molecule has 0 saturated heterocycles. The minimum atomic E-state index is -0.993. The smallest absolute Gasteiger partial charge is 0.335 e. The number of hydrogen-bond donors (Lipinski definition) is 1. The summed E-state index contributed by atoms with van der Waals surface area (Å²) < 4.78 is 0. The van der Waals surface area contributed by atoms with E-state index in [4.69, 9.17) is 16.7 Å². The molecule has 0 atom stereocenters. The highest BCUT2D eigenvalue weighted by Crippen LogP contribution is 2.19. The Labute approximate surface area is 125 Å². The topological polar surface area (TPSA) is 56.7 Å². The molecule has 6 heteroatoms. The summed E-state index contributed by atoms with van der Waals surface area (Å²) in [5, 5.41) is 9.31. The van der Waals surface area contributed by atoms with Crippen LogP contribution in [0.4, 0.5) is 5.82 Å². The number of pyridine rings is 1. The van der Waals surface area contributed by atoms with E-state index < -0.39 is 5.97 Å². The quantitative estimate of drug-likeness (QED) is 0.784. The van der Waals surface area contributed by atoms with Gasteiger partial charge >= 0.3 is 5.97 Å². The van der Waals surface area contributed by atoms with Crippen molar-refractivity contribution in [1.82, 2.24) is 9.88 Å². The van der Waals surface area contributed by atoms with Crippen LogP contribution in [-0.4, -0.2) is 54.7 Å². The molecule has 0 aliphatic carbocycles. The van der Waals surface area contributed by atoms with Gasteiger partial charge in [-0.15, -0.1) is 0 Å². The predicted octanol–water partition coefficient (Wildman–Crippen LogP) is 2.46. The first-order valence-corrected chi connectivity index (χ1v) is 6.98. The fourth-order valence-electron chi connectivity index (χ4n) is 1.83. The van der Waals surface area contributed by atoms with Gasteiger partial charge in [-0.25, -0.2) is 9.78 Å². The number of carboxylic acids is 1. The number of carboxylic acid groups (broad SMARTS) is 1. The third-order valence-electron chi connectivity index (χ3n) is 2.75. The highest BCUT2D eigenvalue weighted by molar-refractivity contribution is 6.29. The Bertz CT molecular complexity index is 464. The molecule has 1 aromatic rings. The molecule has 1 aromatic heterocycles. The number of carbonyl (C=O) groups is 1. The molecule has 20 heavy (non-hydrogen) atoms. The molecule has 112 valence electrons. The molecule has 0 amide bonds. The van der Waals surface area contributed by atoms with E-state index in [0.717, 1.165) is 19.6 Å². The fraction of sp³-hybridized carbons (Fsp3) is 0.571. The van der Waals surface area contributed by atoms with E-state index >= 15 is 0 Å². The zero-order chi connectivity index (χ0) is 15.3. The first-order chi connectivity index (χ1) is 9.29. The molecule has 5 nitrogen and oxygen atoms in total. The zero-order valence-corrected chi connectivity index (χ0v) is 13.2. The van der Waals surface area contributed by atoms with Gasteiger partial charge in [-0.2, -0.15) is 0 Å². The van der Waals surface area contributed by atoms with E-state index in [1.165, 1.54) is 6.07 Å². The van der Waals surface area contributed by atoms with Crippen LogP contribution in [0.15, 0.2) is 12.1 Å². The van der Waals surface area contributed by atoms with Gasteiger partial charge in [-0.05, 0) is 32.1 Å². The van der Waals surface area contributed by atoms with Crippen LogP contribution in [0, 0.1) is 5.92 Å². The third-order valence-corrected chi connectivity index (χ3v) is 2.95. The molecule has 0 aliphatic rings. The van der Waals surface area contributed by atoms with Crippen LogP contribution in [-0.2, 0) is 0 Å². The van der Waals surface area contributed by atoms with E-state index in [2.05, 4.69) is 28.6 Å². The van der Waals surface area contributed by atoms with Gasteiger partial charge in [-0.1, -0.05) is 25.4 Å². The summed E-state index contributed by atoms with van der Waals surface area (Å²) in [6.45, 7) is 6.68. The summed E-state index contributed by atoms with van der Waals surface area (Å²) in [6.07, 6.45) is 0. The summed E-state index contributed by atoms with van der Waals surface area (Å²) in [5.74, 6) is 0.0735. The fourth-order valence-corrected chi connectivity index (χ4v) is 2.03. The highest BCUT2D eigenvalue weighted by atomic mass is 35.5. The van der Waals surface area contributed by atoms with Gasteiger partial charge in [0.05, 0.1) is 5.56 Å². The molecule has 0 unspecified atom stereocenters. The minimum Gasteiger partial charge on any atom is -0.478 e. The maximum Gasteiger partial charge on any atom is 0.335 e. The molecule has 0 aromatic carbocycles. The summed E-state index contributed by atoms with van der Waals surface area (Å²) in [5.41, 5.74) is 0.165. The Kier molecular flexibility index (Phi) is 6.23. The van der Waals surface area contributed by atoms with E-state index in [0.29, 0.717) is 11.7 Å². The van der Waals surface area contributed by atoms with E-state index in [9.17, 15) is 4.79 Å². The van der Waals surface area contributed by atoms with E-state index in [1.54, 1.807) is 6.07 Å². The SMILES string of the molecule is CC(C)CN(CCN(C)C)c1cc(C(=O)O)cc(Cl)n1. The van der Waals surface area contributed by atoms with Crippen molar-refractivity contribution < 1.29 is 9.90 Å². The molecule has 1 heterocycles. The molecule has 0 fully saturated rings. The Morgan fingerprint density at radius 1 is 1.35 bits per heavy atom. The maximum atomic E-state index is 11.1. The molecular weight excluding hydrogens is 278 g/mol. The minimum absolute atomic E-state index is 0.165. The second-order valence-corrected chi connectivity index (χ2v) is 5.87. The number of hydrogen-bond acceptors (Lipinski definition) is 4. The Morgan fingerprint density at radius 3 is 2.50 bits per heavy atom. The second kappa shape index (κ2) is 7.45. The normalized spacial score (nSPS) is 11.2. The van der Waals surface area contributed by atoms with Crippen LogP contribution in [0.5, 0.6) is 0 Å². The summed E-state index contributed by atoms with van der Waals surface area (Å²) in [4.78, 5) is 19.5. The van der Waals surface area contributed by atoms with Crippen LogP contribution in [0.3, 0.4) is 0 Å². The Hall–Kier alpha value is -1.33. The first kappa shape index (κ1) is 16.7. The van der Waals surface area contributed by atoms with Crippen molar-refractivity contribution in [2.24, 2.45) is 5.92 Å². The summed E-state index contributed by atoms with van der Waals surface area (Å²) in [7, 11) is 4.00. The average Bonchev–Trinajstić information content (AvgIpc) is 2.32. The molecule has 0 saturated carbocycles. The molecule has 0 spiro atoms. The number of aromatic carboxylic acids is 1. The highest BCUT2D eigenvalue weighted by Gasteiger charge is 2.14. The van der Waals surface area contributed by atoms with Crippen molar-refractivity contribution in [2.45, 2.75) is 13.8 Å². The Balaban J connectivity index is 3.02. The lowest BCUT2D eigenvalue weighted by molar-refractivity contribution is 0.0697. The van der Waals surface area contributed by atoms with Crippen LogP contribution in [0.1, 0.15) is 24.2 Å². The predicted molar refractivity (Wildman–Crippen MR) is 81.8 cm³/mol. The lowest BCUT2D eigenvalue weighted by Crippen LogP contribution is -2.35. The molecule has 0 radical (unpaired) electrons. The van der Waals surface area contributed by atoms with Crippen LogP contribution < -0.4 is 4.90 Å². The van der Waals surface area contributed by atoms with Gasteiger partial charge in [0.2, 0.25) is 0 Å². The molecule has 0 aliphatic heterocycles. The van der Waals surface area contributed by atoms with Crippen molar-refractivity contribution >= 4 is 23.4 Å². The summed E-state index contributed by atoms with van der Waals surface area (Å²) in [6, 6.07) is 2.94. The van der Waals surface area contributed by atoms with Gasteiger partial charge < -0.3 is 14.9 Å². The van der Waals surface area contributed by atoms with Crippen molar-refractivity contribution in [2.75, 3.05) is 38.6 Å². The number of nitrogens with zero attached hydrogens (tertiary/aromatic N) is 3. The van der Waals surface area contributed by atoms with E-state index in [-0.39, 0.29) is 10.7 Å². The average molecular weight is 300 g/mol. The number of rotatable bonds is 7. The van der Waals surface area contributed by atoms with Gasteiger partial charge in [0.15, 0.2) is 0 Å². The molecule has 0 bridgehead atoms. The third kappa shape index (κ3) is 5.35. The number of halogens is 1. The van der Waals surface area contributed by atoms with Crippen molar-refractivity contribution in [1.29, 1.82) is 0 Å². The molecular formula is C14H22ClN3O2. The van der Waals surface area contributed by atoms with Gasteiger partial charge in [0, 0.05) is 19.6 Å². The van der Waals surface area contributed by atoms with Crippen molar-refractivity contribution in [3.63, 3.8) is 0 Å². The number of anilines is 1. The standard InChI is InChI=1S/C14H22ClN3O2/c1-10(2)9-18(6-5-17(3)4)13-8-11(14(19)20)7-12(15)16-13/h7-8,10H,5-6,9H2,1-4H3,(H,19,20). The second-order valence-electron chi connectivity index (χ2n) is 5.49. The van der Waals surface area contributed by atoms with Gasteiger partial charge in [0.1, 0.15) is 11.0 Å². The van der Waals surface area contributed by atoms with Crippen LogP contribution in [0.25, 0.3) is 0 Å². The largest absolute Gasteiger partial charge is 0.478 e. The van der Waals surface area contributed by atoms with Crippen molar-refractivity contribution in [3.8, 4) is 0 Å². The van der Waals surface area contributed by atoms with Crippen molar-refractivity contribution in [3.05, 3.63) is 22.8 Å². The number of aromatic nitrogens is 1. The maximum absolute atomic E-state index is 11.1. The van der Waals surface area contributed by atoms with Gasteiger partial charge in [-0.3, -0.25) is 0 Å². The number of likely N-dealkylation sites (N-methyl/N-ethyl adjacent to an activating group) is 1. The summed E-state index contributed by atoms with van der Waals surface area (Å²) >= 11 is 5.93. The first-order valence-electron chi connectivity index (χ1n) is 6.60. The van der Waals surface area contributed by atoms with Gasteiger partial charge in [0.25, 0.3) is 0 Å². The zero-order valence-electron chi connectivity index (χ0n) is 12.4. The lowest BCUT2D eigenvalue weighted by Gasteiger charge is -2.27.